The average Bonchev–Trinajstić information content (AvgIpc) is 2.38. The predicted octanol–water partition coefficient (Wildman–Crippen LogP) is 1.85. The number of aryl methyl sites for hydroxylation is 1. The zero-order valence-electron chi connectivity index (χ0n) is 10.5. The van der Waals surface area contributed by atoms with Gasteiger partial charge >= 0.3 is 5.69 Å². The van der Waals surface area contributed by atoms with Crippen molar-refractivity contribution in [2.24, 2.45) is 0 Å². The maximum atomic E-state index is 10.9. The van der Waals surface area contributed by atoms with Crippen molar-refractivity contribution in [3.8, 4) is 0 Å². The van der Waals surface area contributed by atoms with Crippen LogP contribution in [0.3, 0.4) is 0 Å². The number of rotatable bonds is 4. The van der Waals surface area contributed by atoms with Crippen LogP contribution in [0.2, 0.25) is 0 Å². The number of nitro groups is 1. The smallest absolute Gasteiger partial charge is 0.311 e. The van der Waals surface area contributed by atoms with E-state index in [9.17, 15) is 10.1 Å². The summed E-state index contributed by atoms with van der Waals surface area (Å²) in [5.41, 5.74) is 0.842. The molecule has 1 unspecified atom stereocenters. The number of piperidine rings is 1. The Balaban J connectivity index is 2.01. The SMILES string of the molecule is Cc1cnc(NCC2CCCCN2)c([N+](=O)[O-])c1. The molecule has 0 spiro atoms. The van der Waals surface area contributed by atoms with E-state index in [2.05, 4.69) is 15.6 Å². The highest BCUT2D eigenvalue weighted by Gasteiger charge is 2.17. The lowest BCUT2D eigenvalue weighted by atomic mass is 10.1. The number of hydrogen-bond donors (Lipinski definition) is 2. The number of pyridine rings is 1. The van der Waals surface area contributed by atoms with Crippen LogP contribution in [-0.4, -0.2) is 29.0 Å². The molecule has 0 aromatic carbocycles. The third kappa shape index (κ3) is 3.16. The average molecular weight is 250 g/mol. The summed E-state index contributed by atoms with van der Waals surface area (Å²) in [5.74, 6) is 0.359. The maximum absolute atomic E-state index is 10.9. The van der Waals surface area contributed by atoms with Crippen molar-refractivity contribution in [2.75, 3.05) is 18.4 Å². The van der Waals surface area contributed by atoms with Crippen molar-refractivity contribution >= 4 is 11.5 Å². The maximum Gasteiger partial charge on any atom is 0.311 e. The van der Waals surface area contributed by atoms with Crippen molar-refractivity contribution in [1.29, 1.82) is 0 Å². The van der Waals surface area contributed by atoms with Crippen molar-refractivity contribution in [3.63, 3.8) is 0 Å². The highest BCUT2D eigenvalue weighted by molar-refractivity contribution is 5.56. The minimum absolute atomic E-state index is 0.0470. The molecule has 6 heteroatoms. The fraction of sp³-hybridized carbons (Fsp3) is 0.583. The van der Waals surface area contributed by atoms with E-state index in [4.69, 9.17) is 0 Å². The van der Waals surface area contributed by atoms with Gasteiger partial charge in [0.1, 0.15) is 0 Å². The summed E-state index contributed by atoms with van der Waals surface area (Å²) in [6.07, 6.45) is 5.17. The summed E-state index contributed by atoms with van der Waals surface area (Å²) < 4.78 is 0. The van der Waals surface area contributed by atoms with Crippen LogP contribution in [0.1, 0.15) is 24.8 Å². The number of nitrogens with one attached hydrogen (secondary N) is 2. The predicted molar refractivity (Wildman–Crippen MR) is 69.8 cm³/mol. The number of aromatic nitrogens is 1. The molecule has 0 amide bonds. The lowest BCUT2D eigenvalue weighted by Gasteiger charge is -2.23. The monoisotopic (exact) mass is 250 g/mol. The van der Waals surface area contributed by atoms with Gasteiger partial charge < -0.3 is 10.6 Å². The second-order valence-corrected chi connectivity index (χ2v) is 4.67. The van der Waals surface area contributed by atoms with E-state index in [-0.39, 0.29) is 5.69 Å². The molecule has 1 aromatic heterocycles. The minimum Gasteiger partial charge on any atom is -0.363 e. The highest BCUT2D eigenvalue weighted by atomic mass is 16.6. The van der Waals surface area contributed by atoms with Gasteiger partial charge in [-0.05, 0) is 31.9 Å². The van der Waals surface area contributed by atoms with Crippen LogP contribution >= 0.6 is 0 Å². The summed E-state index contributed by atoms with van der Waals surface area (Å²) in [4.78, 5) is 14.6. The van der Waals surface area contributed by atoms with Crippen LogP contribution in [0.5, 0.6) is 0 Å². The minimum atomic E-state index is -0.392. The zero-order chi connectivity index (χ0) is 13.0. The van der Waals surface area contributed by atoms with Gasteiger partial charge in [0.05, 0.1) is 4.92 Å². The Labute approximate surface area is 106 Å². The molecule has 1 aliphatic heterocycles. The Morgan fingerprint density at radius 1 is 1.61 bits per heavy atom. The third-order valence-electron chi connectivity index (χ3n) is 3.13. The van der Waals surface area contributed by atoms with Crippen molar-refractivity contribution in [2.45, 2.75) is 32.2 Å². The number of nitrogens with zero attached hydrogens (tertiary/aromatic N) is 2. The third-order valence-corrected chi connectivity index (χ3v) is 3.13. The van der Waals surface area contributed by atoms with Crippen LogP contribution < -0.4 is 10.6 Å². The van der Waals surface area contributed by atoms with Gasteiger partial charge in [-0.1, -0.05) is 6.42 Å². The summed E-state index contributed by atoms with van der Waals surface area (Å²) in [6, 6.07) is 1.92. The van der Waals surface area contributed by atoms with E-state index >= 15 is 0 Å². The van der Waals surface area contributed by atoms with Crippen LogP contribution in [0, 0.1) is 17.0 Å². The van der Waals surface area contributed by atoms with Crippen molar-refractivity contribution < 1.29 is 4.92 Å². The van der Waals surface area contributed by atoms with Gasteiger partial charge in [0.2, 0.25) is 5.82 Å². The second-order valence-electron chi connectivity index (χ2n) is 4.67. The first-order valence-corrected chi connectivity index (χ1v) is 6.25. The van der Waals surface area contributed by atoms with E-state index in [1.54, 1.807) is 19.2 Å². The molecular weight excluding hydrogens is 232 g/mol. The van der Waals surface area contributed by atoms with Gasteiger partial charge in [-0.2, -0.15) is 0 Å². The lowest BCUT2D eigenvalue weighted by molar-refractivity contribution is -0.384. The van der Waals surface area contributed by atoms with Crippen LogP contribution in [0.4, 0.5) is 11.5 Å². The van der Waals surface area contributed by atoms with Gasteiger partial charge in [-0.25, -0.2) is 4.98 Å². The molecule has 0 aliphatic carbocycles. The van der Waals surface area contributed by atoms with Gasteiger partial charge in [0, 0.05) is 24.8 Å². The van der Waals surface area contributed by atoms with Gasteiger partial charge in [-0.15, -0.1) is 0 Å². The number of anilines is 1. The van der Waals surface area contributed by atoms with E-state index in [1.165, 1.54) is 12.8 Å². The summed E-state index contributed by atoms with van der Waals surface area (Å²) in [6.45, 7) is 3.50. The first-order chi connectivity index (χ1) is 8.66. The van der Waals surface area contributed by atoms with Crippen LogP contribution in [0.15, 0.2) is 12.3 Å². The Morgan fingerprint density at radius 3 is 3.11 bits per heavy atom. The van der Waals surface area contributed by atoms with E-state index in [0.717, 1.165) is 18.5 Å². The van der Waals surface area contributed by atoms with E-state index < -0.39 is 4.92 Å². The fourth-order valence-corrected chi connectivity index (χ4v) is 2.15. The van der Waals surface area contributed by atoms with Crippen LogP contribution in [-0.2, 0) is 0 Å². The molecule has 1 aromatic rings. The van der Waals surface area contributed by atoms with Gasteiger partial charge in [-0.3, -0.25) is 10.1 Å². The molecule has 2 rings (SSSR count). The summed E-state index contributed by atoms with van der Waals surface area (Å²) in [5, 5.41) is 17.4. The molecule has 98 valence electrons. The van der Waals surface area contributed by atoms with E-state index in [1.807, 2.05) is 0 Å². The molecule has 2 heterocycles. The molecule has 1 saturated heterocycles. The van der Waals surface area contributed by atoms with Crippen molar-refractivity contribution in [1.82, 2.24) is 10.3 Å². The molecule has 1 atom stereocenters. The summed E-state index contributed by atoms with van der Waals surface area (Å²) >= 11 is 0. The Bertz CT molecular complexity index is 430. The van der Waals surface area contributed by atoms with Crippen LogP contribution in [0.25, 0.3) is 0 Å². The second kappa shape index (κ2) is 5.77. The first-order valence-electron chi connectivity index (χ1n) is 6.25. The highest BCUT2D eigenvalue weighted by Crippen LogP contribution is 2.22. The molecule has 1 aliphatic rings. The molecule has 2 N–H and O–H groups in total. The molecule has 1 fully saturated rings. The van der Waals surface area contributed by atoms with Gasteiger partial charge in [0.15, 0.2) is 0 Å². The topological polar surface area (TPSA) is 80.1 Å². The van der Waals surface area contributed by atoms with E-state index in [0.29, 0.717) is 18.4 Å². The molecular formula is C12H18N4O2. The molecule has 0 saturated carbocycles. The Kier molecular flexibility index (Phi) is 4.09. The first kappa shape index (κ1) is 12.8. The van der Waals surface area contributed by atoms with Gasteiger partial charge in [0.25, 0.3) is 0 Å². The largest absolute Gasteiger partial charge is 0.363 e. The number of hydrogen-bond acceptors (Lipinski definition) is 5. The molecule has 6 nitrogen and oxygen atoms in total. The normalized spacial score (nSPS) is 19.5. The summed E-state index contributed by atoms with van der Waals surface area (Å²) in [7, 11) is 0. The molecule has 18 heavy (non-hydrogen) atoms. The Morgan fingerprint density at radius 2 is 2.44 bits per heavy atom. The molecule has 0 radical (unpaired) electrons. The van der Waals surface area contributed by atoms with Crippen molar-refractivity contribution in [3.05, 3.63) is 27.9 Å². The Hall–Kier alpha value is -1.69. The fourth-order valence-electron chi connectivity index (χ4n) is 2.15. The zero-order valence-corrected chi connectivity index (χ0v) is 10.5. The molecule has 0 bridgehead atoms. The quantitative estimate of drug-likeness (QED) is 0.629. The standard InChI is InChI=1S/C12H18N4O2/c1-9-6-11(16(17)18)12(14-7-9)15-8-10-4-2-3-5-13-10/h6-7,10,13H,2-5,8H2,1H3,(H,14,15). The lowest BCUT2D eigenvalue weighted by Crippen LogP contribution is -2.39.